The molecule has 1 heterocycles. The Bertz CT molecular complexity index is 953. The van der Waals surface area contributed by atoms with Gasteiger partial charge in [-0.05, 0) is 19.9 Å². The first-order chi connectivity index (χ1) is 15.1. The van der Waals surface area contributed by atoms with E-state index in [-0.39, 0.29) is 22.5 Å². The molecular formula is C22H25F2NO7. The zero-order chi connectivity index (χ0) is 24.0. The lowest BCUT2D eigenvalue weighted by atomic mass is 9.80. The second kappa shape index (κ2) is 10.7. The van der Waals surface area contributed by atoms with Gasteiger partial charge in [0.05, 0.1) is 30.1 Å². The van der Waals surface area contributed by atoms with Crippen molar-refractivity contribution >= 4 is 17.9 Å². The number of carbonyl (C=O) groups excluding carboxylic acids is 3. The van der Waals surface area contributed by atoms with Crippen LogP contribution in [0.2, 0.25) is 0 Å². The summed E-state index contributed by atoms with van der Waals surface area (Å²) in [6.45, 7) is 2.62. The number of carbonyl (C=O) groups is 3. The molecule has 0 aliphatic carbocycles. The first kappa shape index (κ1) is 24.8. The number of hydrogen-bond donors (Lipinski definition) is 1. The van der Waals surface area contributed by atoms with E-state index >= 15 is 0 Å². The molecule has 0 fully saturated rings. The van der Waals surface area contributed by atoms with Gasteiger partial charge in [0, 0.05) is 17.0 Å². The fraction of sp³-hybridized carbons (Fsp3) is 0.409. The molecule has 10 heteroatoms. The topological polar surface area (TPSA) is 100 Å². The number of nitrogens with one attached hydrogen (secondary N) is 1. The average Bonchev–Trinajstić information content (AvgIpc) is 2.72. The van der Waals surface area contributed by atoms with Crippen LogP contribution in [-0.2, 0) is 28.6 Å². The van der Waals surface area contributed by atoms with Crippen molar-refractivity contribution in [2.45, 2.75) is 40.2 Å². The summed E-state index contributed by atoms with van der Waals surface area (Å²) in [5.41, 5.74) is 0.817. The average molecular weight is 453 g/mol. The summed E-state index contributed by atoms with van der Waals surface area (Å²) in [7, 11) is 1.16. The first-order valence-corrected chi connectivity index (χ1v) is 9.72. The zero-order valence-corrected chi connectivity index (χ0v) is 18.4. The highest BCUT2D eigenvalue weighted by molar-refractivity contribution is 6.00. The number of benzene rings is 1. The molecule has 2 rings (SSSR count). The van der Waals surface area contributed by atoms with E-state index in [0.717, 1.165) is 7.11 Å². The molecule has 1 N–H and O–H groups in total. The van der Waals surface area contributed by atoms with Crippen molar-refractivity contribution < 1.29 is 42.1 Å². The molecule has 1 aromatic carbocycles. The van der Waals surface area contributed by atoms with Crippen LogP contribution in [0.5, 0.6) is 5.75 Å². The smallest absolute Gasteiger partial charge is 0.387 e. The van der Waals surface area contributed by atoms with Gasteiger partial charge in [0.15, 0.2) is 0 Å². The van der Waals surface area contributed by atoms with Gasteiger partial charge in [0.2, 0.25) is 6.79 Å². The maximum Gasteiger partial charge on any atom is 0.387 e. The third kappa shape index (κ3) is 5.63. The molecule has 1 aliphatic rings. The predicted molar refractivity (Wildman–Crippen MR) is 108 cm³/mol. The summed E-state index contributed by atoms with van der Waals surface area (Å²) in [5.74, 6) is -4.01. The second-order valence-corrected chi connectivity index (χ2v) is 7.21. The lowest BCUT2D eigenvalue weighted by molar-refractivity contribution is -0.167. The molecule has 1 unspecified atom stereocenters. The van der Waals surface area contributed by atoms with Crippen LogP contribution in [0.15, 0.2) is 46.8 Å². The molecular weight excluding hydrogens is 428 g/mol. The second-order valence-electron chi connectivity index (χ2n) is 7.21. The van der Waals surface area contributed by atoms with E-state index in [9.17, 15) is 23.2 Å². The van der Waals surface area contributed by atoms with E-state index in [2.05, 4.69) is 10.1 Å². The largest absolute Gasteiger partial charge is 0.466 e. The molecule has 0 radical (unpaired) electrons. The Hall–Kier alpha value is -3.43. The molecule has 174 valence electrons. The number of halogens is 2. The highest BCUT2D eigenvalue weighted by Gasteiger charge is 2.39. The lowest BCUT2D eigenvalue weighted by Crippen LogP contribution is -2.33. The van der Waals surface area contributed by atoms with Crippen LogP contribution in [0.3, 0.4) is 0 Å². The Morgan fingerprint density at radius 2 is 1.59 bits per heavy atom. The van der Waals surface area contributed by atoms with Gasteiger partial charge in [-0.1, -0.05) is 32.0 Å². The Balaban J connectivity index is 2.52. The number of alkyl halides is 2. The normalized spacial score (nSPS) is 16.1. The Morgan fingerprint density at radius 1 is 1.00 bits per heavy atom. The zero-order valence-electron chi connectivity index (χ0n) is 18.4. The van der Waals surface area contributed by atoms with Gasteiger partial charge in [-0.3, -0.25) is 4.79 Å². The molecule has 0 bridgehead atoms. The van der Waals surface area contributed by atoms with E-state index in [4.69, 9.17) is 14.2 Å². The van der Waals surface area contributed by atoms with Crippen LogP contribution >= 0.6 is 0 Å². The van der Waals surface area contributed by atoms with Gasteiger partial charge in [-0.25, -0.2) is 9.59 Å². The molecule has 0 spiro atoms. The van der Waals surface area contributed by atoms with Gasteiger partial charge in [-0.2, -0.15) is 8.78 Å². The maximum absolute atomic E-state index is 13.0. The molecule has 1 atom stereocenters. The first-order valence-electron chi connectivity index (χ1n) is 9.72. The third-order valence-corrected chi connectivity index (χ3v) is 4.69. The highest BCUT2D eigenvalue weighted by atomic mass is 19.3. The van der Waals surface area contributed by atoms with Crippen molar-refractivity contribution in [1.82, 2.24) is 5.32 Å². The number of dihydropyridines is 1. The number of para-hydroxylation sites is 1. The number of methoxy groups -OCH3 is 1. The number of ether oxygens (including phenoxy) is 4. The molecule has 1 aromatic rings. The van der Waals surface area contributed by atoms with Gasteiger partial charge < -0.3 is 24.3 Å². The lowest BCUT2D eigenvalue weighted by Gasteiger charge is -2.31. The minimum absolute atomic E-state index is 0.0227. The summed E-state index contributed by atoms with van der Waals surface area (Å²) in [4.78, 5) is 37.2. The minimum Gasteiger partial charge on any atom is -0.466 e. The van der Waals surface area contributed by atoms with E-state index < -0.39 is 43.1 Å². The van der Waals surface area contributed by atoms with Crippen LogP contribution in [0, 0.1) is 5.92 Å². The predicted octanol–water partition coefficient (Wildman–Crippen LogP) is 3.40. The Labute approximate surface area is 184 Å². The minimum atomic E-state index is -3.12. The molecule has 0 saturated carbocycles. The molecule has 1 aliphatic heterocycles. The van der Waals surface area contributed by atoms with Crippen molar-refractivity contribution in [3.8, 4) is 5.75 Å². The van der Waals surface area contributed by atoms with Crippen molar-refractivity contribution in [3.63, 3.8) is 0 Å². The summed E-state index contributed by atoms with van der Waals surface area (Å²) in [5, 5.41) is 2.91. The Kier molecular flexibility index (Phi) is 8.34. The van der Waals surface area contributed by atoms with Crippen molar-refractivity contribution in [1.29, 1.82) is 0 Å². The van der Waals surface area contributed by atoms with Crippen LogP contribution < -0.4 is 10.1 Å². The molecule has 8 nitrogen and oxygen atoms in total. The van der Waals surface area contributed by atoms with E-state index in [0.29, 0.717) is 11.4 Å². The molecule has 0 saturated heterocycles. The van der Waals surface area contributed by atoms with E-state index in [1.165, 1.54) is 18.2 Å². The van der Waals surface area contributed by atoms with Gasteiger partial charge in [-0.15, -0.1) is 0 Å². The Morgan fingerprint density at radius 3 is 2.16 bits per heavy atom. The SMILES string of the molecule is COC(=O)C1=C(C)NC(C)=C(C(=O)OCOC(=O)C(C)C)C1c1ccccc1OC(F)F. The van der Waals surface area contributed by atoms with Gasteiger partial charge in [0.25, 0.3) is 0 Å². The summed E-state index contributed by atoms with van der Waals surface area (Å²) >= 11 is 0. The summed E-state index contributed by atoms with van der Waals surface area (Å²) < 4.78 is 45.5. The number of hydrogen-bond acceptors (Lipinski definition) is 8. The third-order valence-electron chi connectivity index (χ3n) is 4.69. The van der Waals surface area contributed by atoms with Crippen LogP contribution in [0.4, 0.5) is 8.78 Å². The highest BCUT2D eigenvalue weighted by Crippen LogP contribution is 2.43. The van der Waals surface area contributed by atoms with E-state index in [1.54, 1.807) is 33.8 Å². The van der Waals surface area contributed by atoms with Crippen LogP contribution in [-0.4, -0.2) is 38.4 Å². The van der Waals surface area contributed by atoms with Crippen LogP contribution in [0.25, 0.3) is 0 Å². The quantitative estimate of drug-likeness (QED) is 0.472. The monoisotopic (exact) mass is 453 g/mol. The molecule has 0 amide bonds. The van der Waals surface area contributed by atoms with Crippen molar-refractivity contribution in [3.05, 3.63) is 52.4 Å². The number of esters is 3. The fourth-order valence-corrected chi connectivity index (χ4v) is 3.26. The van der Waals surface area contributed by atoms with Gasteiger partial charge in [0.1, 0.15) is 5.75 Å². The van der Waals surface area contributed by atoms with E-state index in [1.807, 2.05) is 0 Å². The standard InChI is InChI=1S/C22H25F2NO7/c1-11(2)19(26)30-10-31-21(28)17-13(4)25-12(3)16(20(27)29-5)18(17)14-8-6-7-9-15(14)32-22(23)24/h6-9,11,18,22,25H,10H2,1-5H3. The summed E-state index contributed by atoms with van der Waals surface area (Å²) in [6, 6.07) is 5.80. The van der Waals surface area contributed by atoms with Gasteiger partial charge >= 0.3 is 24.5 Å². The van der Waals surface area contributed by atoms with Crippen LogP contribution in [0.1, 0.15) is 39.2 Å². The maximum atomic E-state index is 13.0. The van der Waals surface area contributed by atoms with Crippen molar-refractivity contribution in [2.75, 3.05) is 13.9 Å². The number of allylic oxidation sites excluding steroid dienone is 2. The molecule has 0 aromatic heterocycles. The summed E-state index contributed by atoms with van der Waals surface area (Å²) in [6.07, 6.45) is 0. The molecule has 32 heavy (non-hydrogen) atoms. The van der Waals surface area contributed by atoms with Crippen molar-refractivity contribution in [2.24, 2.45) is 5.92 Å². The number of rotatable bonds is 8. The fourth-order valence-electron chi connectivity index (χ4n) is 3.26.